The van der Waals surface area contributed by atoms with Crippen LogP contribution in [-0.2, 0) is 11.3 Å². The second kappa shape index (κ2) is 8.26. The van der Waals surface area contributed by atoms with E-state index in [0.29, 0.717) is 0 Å². The van der Waals surface area contributed by atoms with Crippen LogP contribution < -0.4 is 5.32 Å². The van der Waals surface area contributed by atoms with E-state index in [2.05, 4.69) is 44.3 Å². The van der Waals surface area contributed by atoms with Gasteiger partial charge in [-0.3, -0.25) is 0 Å². The van der Waals surface area contributed by atoms with E-state index >= 15 is 0 Å². The van der Waals surface area contributed by atoms with Gasteiger partial charge in [0.1, 0.15) is 0 Å². The number of ether oxygens (including phenoxy) is 1. The second-order valence-electron chi connectivity index (χ2n) is 4.50. The Labute approximate surface area is 105 Å². The molecular weight excluding hydrogens is 210 g/mol. The van der Waals surface area contributed by atoms with Gasteiger partial charge in [-0.15, -0.1) is 0 Å². The Morgan fingerprint density at radius 3 is 2.76 bits per heavy atom. The van der Waals surface area contributed by atoms with Crippen molar-refractivity contribution < 1.29 is 4.74 Å². The van der Waals surface area contributed by atoms with Crippen molar-refractivity contribution >= 4 is 0 Å². The van der Waals surface area contributed by atoms with Crippen molar-refractivity contribution in [2.45, 2.75) is 40.2 Å². The first kappa shape index (κ1) is 14.2. The Morgan fingerprint density at radius 1 is 1.18 bits per heavy atom. The van der Waals surface area contributed by atoms with Crippen molar-refractivity contribution in [1.82, 2.24) is 5.32 Å². The first-order chi connectivity index (χ1) is 8.25. The summed E-state index contributed by atoms with van der Waals surface area (Å²) in [6.07, 6.45) is 2.37. The van der Waals surface area contributed by atoms with E-state index in [9.17, 15) is 0 Å². The molecule has 0 aromatic heterocycles. The normalized spacial score (nSPS) is 10.8. The Kier molecular flexibility index (Phi) is 6.90. The predicted octanol–water partition coefficient (Wildman–Crippen LogP) is 3.21. The maximum Gasteiger partial charge on any atom is 0.0591 e. The first-order valence-corrected chi connectivity index (χ1v) is 6.59. The van der Waals surface area contributed by atoms with Gasteiger partial charge in [-0.25, -0.2) is 0 Å². The molecular formula is C15H25NO. The van der Waals surface area contributed by atoms with Crippen molar-refractivity contribution in [3.05, 3.63) is 34.9 Å². The number of benzene rings is 1. The summed E-state index contributed by atoms with van der Waals surface area (Å²) >= 11 is 0. The van der Waals surface area contributed by atoms with Crippen LogP contribution in [0.5, 0.6) is 0 Å². The summed E-state index contributed by atoms with van der Waals surface area (Å²) < 4.78 is 5.50. The van der Waals surface area contributed by atoms with E-state index in [0.717, 1.165) is 32.7 Å². The quantitative estimate of drug-likeness (QED) is 0.699. The van der Waals surface area contributed by atoms with Crippen LogP contribution in [0, 0.1) is 13.8 Å². The van der Waals surface area contributed by atoms with E-state index in [-0.39, 0.29) is 0 Å². The number of hydrogen-bond donors (Lipinski definition) is 1. The number of unbranched alkanes of at least 4 members (excludes halogenated alkanes) is 1. The van der Waals surface area contributed by atoms with E-state index in [1.807, 2.05) is 0 Å². The summed E-state index contributed by atoms with van der Waals surface area (Å²) in [6.45, 7) is 10.1. The Balaban J connectivity index is 2.16. The second-order valence-corrected chi connectivity index (χ2v) is 4.50. The molecule has 0 spiro atoms. The van der Waals surface area contributed by atoms with Crippen LogP contribution >= 0.6 is 0 Å². The van der Waals surface area contributed by atoms with Gasteiger partial charge in [0.15, 0.2) is 0 Å². The van der Waals surface area contributed by atoms with Gasteiger partial charge in [-0.1, -0.05) is 31.5 Å². The minimum Gasteiger partial charge on any atom is -0.380 e. The molecule has 2 heteroatoms. The molecule has 0 fully saturated rings. The highest BCUT2D eigenvalue weighted by Crippen LogP contribution is 2.11. The third-order valence-corrected chi connectivity index (χ3v) is 3.10. The Hall–Kier alpha value is -0.860. The van der Waals surface area contributed by atoms with Crippen molar-refractivity contribution in [3.63, 3.8) is 0 Å². The van der Waals surface area contributed by atoms with Gasteiger partial charge >= 0.3 is 0 Å². The molecule has 2 nitrogen and oxygen atoms in total. The Morgan fingerprint density at radius 2 is 2.00 bits per heavy atom. The van der Waals surface area contributed by atoms with E-state index in [4.69, 9.17) is 4.74 Å². The molecule has 1 aromatic rings. The third-order valence-electron chi connectivity index (χ3n) is 3.10. The zero-order valence-electron chi connectivity index (χ0n) is 11.4. The molecule has 0 radical (unpaired) electrons. The summed E-state index contributed by atoms with van der Waals surface area (Å²) in [7, 11) is 0. The van der Waals surface area contributed by atoms with E-state index in [1.54, 1.807) is 0 Å². The fourth-order valence-corrected chi connectivity index (χ4v) is 1.72. The lowest BCUT2D eigenvalue weighted by atomic mass is 10.0. The van der Waals surface area contributed by atoms with Gasteiger partial charge in [0, 0.05) is 19.7 Å². The first-order valence-electron chi connectivity index (χ1n) is 6.59. The molecule has 17 heavy (non-hydrogen) atoms. The average molecular weight is 235 g/mol. The van der Waals surface area contributed by atoms with Gasteiger partial charge in [0.25, 0.3) is 0 Å². The largest absolute Gasteiger partial charge is 0.380 e. The third kappa shape index (κ3) is 5.33. The highest BCUT2D eigenvalue weighted by molar-refractivity contribution is 5.32. The smallest absolute Gasteiger partial charge is 0.0591 e. The highest BCUT2D eigenvalue weighted by atomic mass is 16.5. The molecule has 1 rings (SSSR count). The summed E-state index contributed by atoms with van der Waals surface area (Å²) in [5.41, 5.74) is 4.15. The van der Waals surface area contributed by atoms with E-state index < -0.39 is 0 Å². The maximum absolute atomic E-state index is 5.50. The zero-order valence-corrected chi connectivity index (χ0v) is 11.4. The predicted molar refractivity (Wildman–Crippen MR) is 73.3 cm³/mol. The van der Waals surface area contributed by atoms with Crippen LogP contribution in [0.4, 0.5) is 0 Å². The molecule has 0 unspecified atom stereocenters. The molecule has 0 atom stereocenters. The maximum atomic E-state index is 5.50. The SMILES string of the molecule is CCCCOCCNCc1cccc(C)c1C. The van der Waals surface area contributed by atoms with Crippen LogP contribution in [0.3, 0.4) is 0 Å². The van der Waals surface area contributed by atoms with Crippen molar-refractivity contribution in [1.29, 1.82) is 0 Å². The molecule has 1 N–H and O–H groups in total. The number of hydrogen-bond acceptors (Lipinski definition) is 2. The summed E-state index contributed by atoms with van der Waals surface area (Å²) in [6, 6.07) is 6.47. The summed E-state index contributed by atoms with van der Waals surface area (Å²) in [5.74, 6) is 0. The van der Waals surface area contributed by atoms with Gasteiger partial charge in [0.2, 0.25) is 0 Å². The molecule has 0 saturated carbocycles. The van der Waals surface area contributed by atoms with Gasteiger partial charge in [-0.2, -0.15) is 0 Å². The minimum atomic E-state index is 0.810. The molecule has 0 aliphatic heterocycles. The lowest BCUT2D eigenvalue weighted by molar-refractivity contribution is 0.133. The molecule has 96 valence electrons. The number of aryl methyl sites for hydroxylation is 1. The number of rotatable bonds is 8. The fourth-order valence-electron chi connectivity index (χ4n) is 1.72. The van der Waals surface area contributed by atoms with Crippen LogP contribution in [-0.4, -0.2) is 19.8 Å². The molecule has 0 bridgehead atoms. The highest BCUT2D eigenvalue weighted by Gasteiger charge is 1.99. The molecule has 0 heterocycles. The average Bonchev–Trinajstić information content (AvgIpc) is 2.33. The lowest BCUT2D eigenvalue weighted by Crippen LogP contribution is -2.20. The minimum absolute atomic E-state index is 0.810. The van der Waals surface area contributed by atoms with Gasteiger partial charge in [-0.05, 0) is 37.0 Å². The molecule has 0 aliphatic carbocycles. The summed E-state index contributed by atoms with van der Waals surface area (Å²) in [4.78, 5) is 0. The topological polar surface area (TPSA) is 21.3 Å². The van der Waals surface area contributed by atoms with Crippen molar-refractivity contribution in [2.24, 2.45) is 0 Å². The van der Waals surface area contributed by atoms with Crippen LogP contribution in [0.1, 0.15) is 36.5 Å². The lowest BCUT2D eigenvalue weighted by Gasteiger charge is -2.10. The van der Waals surface area contributed by atoms with Crippen LogP contribution in [0.15, 0.2) is 18.2 Å². The molecule has 0 amide bonds. The Bertz CT molecular complexity index is 323. The molecule has 0 saturated heterocycles. The van der Waals surface area contributed by atoms with Gasteiger partial charge < -0.3 is 10.1 Å². The van der Waals surface area contributed by atoms with Crippen molar-refractivity contribution in [2.75, 3.05) is 19.8 Å². The van der Waals surface area contributed by atoms with Gasteiger partial charge in [0.05, 0.1) is 6.61 Å². The van der Waals surface area contributed by atoms with Crippen LogP contribution in [0.2, 0.25) is 0 Å². The van der Waals surface area contributed by atoms with Crippen molar-refractivity contribution in [3.8, 4) is 0 Å². The van der Waals surface area contributed by atoms with Crippen LogP contribution in [0.25, 0.3) is 0 Å². The molecule has 0 aliphatic rings. The van der Waals surface area contributed by atoms with E-state index in [1.165, 1.54) is 23.1 Å². The standard InChI is InChI=1S/C15H25NO/c1-4-5-10-17-11-9-16-12-15-8-6-7-13(2)14(15)3/h6-8,16H,4-5,9-12H2,1-3H3. The number of nitrogens with one attached hydrogen (secondary N) is 1. The zero-order chi connectivity index (χ0) is 12.5. The molecule has 1 aromatic carbocycles. The monoisotopic (exact) mass is 235 g/mol. The fraction of sp³-hybridized carbons (Fsp3) is 0.600. The summed E-state index contributed by atoms with van der Waals surface area (Å²) in [5, 5.41) is 3.42.